The predicted octanol–water partition coefficient (Wildman–Crippen LogP) is 1.22. The summed E-state index contributed by atoms with van der Waals surface area (Å²) in [5.41, 5.74) is 0.474. The Labute approximate surface area is 174 Å². The number of likely N-dealkylation sites (N-methyl/N-ethyl adjacent to an activating group) is 1. The highest BCUT2D eigenvalue weighted by Crippen LogP contribution is 2.40. The summed E-state index contributed by atoms with van der Waals surface area (Å²) in [6, 6.07) is 6.07. The van der Waals surface area contributed by atoms with E-state index in [1.807, 2.05) is 25.9 Å². The van der Waals surface area contributed by atoms with Crippen LogP contribution in [0.3, 0.4) is 0 Å². The summed E-state index contributed by atoms with van der Waals surface area (Å²) in [5.74, 6) is -0.0405. The SMILES string of the molecule is CCC(C)=C([O-])c1ccc(S(=O)(=O)N2C(CN(C)C)COC23CCNCC3)cc1. The van der Waals surface area contributed by atoms with Crippen molar-refractivity contribution < 1.29 is 18.3 Å². The summed E-state index contributed by atoms with van der Waals surface area (Å²) in [6.07, 6.45) is 1.92. The van der Waals surface area contributed by atoms with Gasteiger partial charge in [0.15, 0.2) is 0 Å². The van der Waals surface area contributed by atoms with Gasteiger partial charge in [0, 0.05) is 19.4 Å². The first-order chi connectivity index (χ1) is 13.7. The molecule has 2 fully saturated rings. The molecule has 0 aliphatic carbocycles. The molecule has 29 heavy (non-hydrogen) atoms. The topological polar surface area (TPSA) is 84.9 Å². The van der Waals surface area contributed by atoms with Crippen LogP contribution in [0.5, 0.6) is 0 Å². The lowest BCUT2D eigenvalue weighted by molar-refractivity contribution is -0.245. The first kappa shape index (κ1) is 22.2. The van der Waals surface area contributed by atoms with Crippen molar-refractivity contribution in [3.63, 3.8) is 0 Å². The molecule has 3 rings (SSSR count). The molecule has 2 aliphatic heterocycles. The normalized spacial score (nSPS) is 23.6. The number of piperidine rings is 1. The van der Waals surface area contributed by atoms with Gasteiger partial charge < -0.3 is 20.1 Å². The van der Waals surface area contributed by atoms with Crippen molar-refractivity contribution in [2.45, 2.75) is 49.8 Å². The van der Waals surface area contributed by atoms with Crippen molar-refractivity contribution >= 4 is 15.8 Å². The second-order valence-corrected chi connectivity index (χ2v) is 10.0. The zero-order valence-electron chi connectivity index (χ0n) is 17.8. The molecule has 2 aliphatic rings. The Balaban J connectivity index is 1.98. The maximum Gasteiger partial charge on any atom is 0.245 e. The lowest BCUT2D eigenvalue weighted by Gasteiger charge is -2.41. The average Bonchev–Trinajstić information content (AvgIpc) is 3.04. The third-order valence-corrected chi connectivity index (χ3v) is 7.85. The van der Waals surface area contributed by atoms with Crippen molar-refractivity contribution in [2.75, 3.05) is 40.3 Å². The molecule has 1 aromatic carbocycles. The Morgan fingerprint density at radius 3 is 2.45 bits per heavy atom. The molecule has 162 valence electrons. The van der Waals surface area contributed by atoms with Crippen LogP contribution in [0.2, 0.25) is 0 Å². The molecule has 0 radical (unpaired) electrons. The quantitative estimate of drug-likeness (QED) is 0.694. The van der Waals surface area contributed by atoms with Gasteiger partial charge in [0.25, 0.3) is 0 Å². The van der Waals surface area contributed by atoms with Crippen LogP contribution in [0.4, 0.5) is 0 Å². The number of sulfonamides is 1. The summed E-state index contributed by atoms with van der Waals surface area (Å²) >= 11 is 0. The first-order valence-corrected chi connectivity index (χ1v) is 11.7. The van der Waals surface area contributed by atoms with Gasteiger partial charge in [-0.25, -0.2) is 8.42 Å². The fourth-order valence-electron chi connectivity index (χ4n) is 4.16. The number of hydrogen-bond acceptors (Lipinski definition) is 6. The number of rotatable bonds is 6. The molecule has 0 amide bonds. The van der Waals surface area contributed by atoms with E-state index in [1.54, 1.807) is 35.5 Å². The van der Waals surface area contributed by atoms with E-state index in [4.69, 9.17) is 4.74 Å². The maximum atomic E-state index is 13.7. The fourth-order valence-corrected chi connectivity index (χ4v) is 6.06. The van der Waals surface area contributed by atoms with E-state index in [-0.39, 0.29) is 16.7 Å². The minimum Gasteiger partial charge on any atom is -0.872 e. The highest BCUT2D eigenvalue weighted by molar-refractivity contribution is 7.89. The Morgan fingerprint density at radius 2 is 1.90 bits per heavy atom. The third-order valence-electron chi connectivity index (χ3n) is 5.83. The lowest BCUT2D eigenvalue weighted by atomic mass is 10.0. The second kappa shape index (κ2) is 8.73. The first-order valence-electron chi connectivity index (χ1n) is 10.2. The van der Waals surface area contributed by atoms with Crippen LogP contribution in [-0.4, -0.2) is 69.7 Å². The van der Waals surface area contributed by atoms with Crippen LogP contribution in [0, 0.1) is 0 Å². The highest BCUT2D eigenvalue weighted by Gasteiger charge is 2.54. The fraction of sp³-hybridized carbons (Fsp3) is 0.619. The predicted molar refractivity (Wildman–Crippen MR) is 111 cm³/mol. The van der Waals surface area contributed by atoms with E-state index in [1.165, 1.54) is 0 Å². The number of nitrogens with one attached hydrogen (secondary N) is 1. The lowest BCUT2D eigenvalue weighted by Crippen LogP contribution is -2.57. The third kappa shape index (κ3) is 4.36. The van der Waals surface area contributed by atoms with Crippen LogP contribution >= 0.6 is 0 Å². The van der Waals surface area contributed by atoms with Crippen LogP contribution in [0.25, 0.3) is 5.76 Å². The van der Waals surface area contributed by atoms with Gasteiger partial charge in [-0.1, -0.05) is 24.6 Å². The van der Waals surface area contributed by atoms with Gasteiger partial charge in [-0.15, -0.1) is 5.76 Å². The zero-order chi connectivity index (χ0) is 21.2. The van der Waals surface area contributed by atoms with E-state index in [0.717, 1.165) is 18.7 Å². The summed E-state index contributed by atoms with van der Waals surface area (Å²) in [5, 5.41) is 15.7. The molecule has 0 aromatic heterocycles. The second-order valence-electron chi connectivity index (χ2n) is 8.21. The minimum absolute atomic E-state index is 0.0405. The monoisotopic (exact) mass is 422 g/mol. The van der Waals surface area contributed by atoms with Gasteiger partial charge in [0.1, 0.15) is 5.72 Å². The number of hydrogen-bond donors (Lipinski definition) is 1. The van der Waals surface area contributed by atoms with E-state index in [9.17, 15) is 13.5 Å². The molecule has 1 unspecified atom stereocenters. The van der Waals surface area contributed by atoms with Crippen molar-refractivity contribution in [1.82, 2.24) is 14.5 Å². The Bertz CT molecular complexity index is 843. The Kier molecular flexibility index (Phi) is 6.70. The molecule has 8 heteroatoms. The standard InChI is InChI=1S/C21H33N3O4S/c1-5-16(2)20(25)17-6-8-19(9-7-17)29(26,27)24-18(14-23(3)4)15-28-21(24)10-12-22-13-11-21/h6-9,18,22,25H,5,10-15H2,1-4H3/p-1. The molecule has 0 saturated carbocycles. The minimum atomic E-state index is -3.77. The molecule has 2 heterocycles. The Morgan fingerprint density at radius 1 is 1.28 bits per heavy atom. The average molecular weight is 423 g/mol. The molecule has 1 N–H and O–H groups in total. The molecule has 0 bridgehead atoms. The van der Waals surface area contributed by atoms with E-state index in [2.05, 4.69) is 5.32 Å². The number of ether oxygens (including phenoxy) is 1. The van der Waals surface area contributed by atoms with E-state index < -0.39 is 15.7 Å². The number of allylic oxidation sites excluding steroid dienone is 1. The highest BCUT2D eigenvalue weighted by atomic mass is 32.2. The van der Waals surface area contributed by atoms with Gasteiger partial charge >= 0.3 is 0 Å². The number of nitrogens with zero attached hydrogens (tertiary/aromatic N) is 2. The molecule has 1 spiro atoms. The largest absolute Gasteiger partial charge is 0.872 e. The smallest absolute Gasteiger partial charge is 0.245 e. The van der Waals surface area contributed by atoms with Crippen molar-refractivity contribution in [1.29, 1.82) is 0 Å². The van der Waals surface area contributed by atoms with Gasteiger partial charge in [-0.2, -0.15) is 4.31 Å². The summed E-state index contributed by atoms with van der Waals surface area (Å²) < 4.78 is 35.1. The van der Waals surface area contributed by atoms with Crippen molar-refractivity contribution in [2.24, 2.45) is 0 Å². The van der Waals surface area contributed by atoms with Crippen LogP contribution in [0.15, 0.2) is 34.7 Å². The number of benzene rings is 1. The van der Waals surface area contributed by atoms with Crippen molar-refractivity contribution in [3.8, 4) is 0 Å². The van der Waals surface area contributed by atoms with Crippen LogP contribution < -0.4 is 10.4 Å². The van der Waals surface area contributed by atoms with Crippen LogP contribution in [-0.2, 0) is 14.8 Å². The summed E-state index contributed by atoms with van der Waals surface area (Å²) in [6.45, 7) is 6.17. The zero-order valence-corrected chi connectivity index (χ0v) is 18.6. The molecular weight excluding hydrogens is 390 g/mol. The van der Waals surface area contributed by atoms with E-state index in [0.29, 0.717) is 38.0 Å². The molecule has 1 aromatic rings. The Hall–Kier alpha value is -1.45. The summed E-state index contributed by atoms with van der Waals surface area (Å²) in [7, 11) is 0.0974. The molecule has 1 atom stereocenters. The van der Waals surface area contributed by atoms with Crippen molar-refractivity contribution in [3.05, 3.63) is 35.4 Å². The maximum absolute atomic E-state index is 13.7. The van der Waals surface area contributed by atoms with Gasteiger partial charge in [-0.3, -0.25) is 0 Å². The van der Waals surface area contributed by atoms with Gasteiger partial charge in [-0.05, 0) is 58.2 Å². The van der Waals surface area contributed by atoms with E-state index >= 15 is 0 Å². The van der Waals surface area contributed by atoms with Gasteiger partial charge in [0.05, 0.1) is 17.5 Å². The van der Waals surface area contributed by atoms with Gasteiger partial charge in [0.2, 0.25) is 10.0 Å². The molecular formula is C21H32N3O4S-. The molecule has 2 saturated heterocycles. The summed E-state index contributed by atoms with van der Waals surface area (Å²) in [4.78, 5) is 2.19. The molecule has 7 nitrogen and oxygen atoms in total. The van der Waals surface area contributed by atoms with Crippen LogP contribution in [0.1, 0.15) is 38.7 Å².